The smallest absolute Gasteiger partial charge is 0.149 e. The number of para-hydroxylation sites is 2. The molecule has 4 heteroatoms. The lowest BCUT2D eigenvalue weighted by molar-refractivity contribution is 0.570. The highest BCUT2D eigenvalue weighted by molar-refractivity contribution is 6.09. The third-order valence-corrected chi connectivity index (χ3v) is 6.64. The van der Waals surface area contributed by atoms with Crippen LogP contribution >= 0.6 is 0 Å². The molecule has 0 fully saturated rings. The molecule has 35 heavy (non-hydrogen) atoms. The minimum Gasteiger partial charge on any atom is -0.455 e. The summed E-state index contributed by atoms with van der Waals surface area (Å²) in [6.07, 6.45) is 1.88. The number of nitrogens with zero attached hydrogens (tertiary/aromatic N) is 3. The van der Waals surface area contributed by atoms with E-state index in [4.69, 9.17) is 15.8 Å². The summed E-state index contributed by atoms with van der Waals surface area (Å²) in [5.74, 6) is 0.115. The first-order valence-electron chi connectivity index (χ1n) is 12.5. The van der Waals surface area contributed by atoms with Gasteiger partial charge in [-0.3, -0.25) is 9.55 Å². The van der Waals surface area contributed by atoms with Gasteiger partial charge in [-0.1, -0.05) is 77.1 Å². The largest absolute Gasteiger partial charge is 0.455 e. The maximum Gasteiger partial charge on any atom is 0.149 e. The topological polar surface area (TPSA) is 43.9 Å². The summed E-state index contributed by atoms with van der Waals surface area (Å²) in [6.45, 7) is 10.3. The van der Waals surface area contributed by atoms with E-state index in [-0.39, 0.29) is 5.41 Å². The fourth-order valence-electron chi connectivity index (χ4n) is 4.70. The second-order valence-electron chi connectivity index (χ2n) is 10.4. The van der Waals surface area contributed by atoms with Crippen LogP contribution in [-0.4, -0.2) is 14.5 Å². The van der Waals surface area contributed by atoms with E-state index < -0.39 is 5.89 Å². The first-order chi connectivity index (χ1) is 17.1. The highest BCUT2D eigenvalue weighted by Gasteiger charge is 2.22. The minimum atomic E-state index is -0.699. The number of benzene rings is 3. The van der Waals surface area contributed by atoms with Crippen molar-refractivity contribution in [2.24, 2.45) is 0 Å². The molecule has 0 amide bonds. The number of rotatable bonds is 3. The van der Waals surface area contributed by atoms with Gasteiger partial charge in [-0.2, -0.15) is 0 Å². The van der Waals surface area contributed by atoms with Gasteiger partial charge in [-0.05, 0) is 41.8 Å². The number of imidazole rings is 1. The Labute approximate surface area is 206 Å². The lowest BCUT2D eigenvalue weighted by atomic mass is 9.91. The van der Waals surface area contributed by atoms with Crippen molar-refractivity contribution in [3.8, 4) is 17.1 Å². The summed E-state index contributed by atoms with van der Waals surface area (Å²) >= 11 is 0. The monoisotopic (exact) mass is 460 g/mol. The average Bonchev–Trinajstić information content (AvgIpc) is 3.41. The minimum absolute atomic E-state index is 0.0811. The van der Waals surface area contributed by atoms with Gasteiger partial charge in [0.25, 0.3) is 0 Å². The van der Waals surface area contributed by atoms with Crippen LogP contribution in [0.3, 0.4) is 0 Å². The number of aromatic nitrogens is 3. The fraction of sp³-hybridized carbons (Fsp3) is 0.226. The normalized spacial score (nSPS) is 13.1. The first kappa shape index (κ1) is 20.5. The zero-order chi connectivity index (χ0) is 25.2. The molecule has 6 aromatic rings. The number of hydrogen-bond acceptors (Lipinski definition) is 3. The quantitative estimate of drug-likeness (QED) is 0.266. The summed E-state index contributed by atoms with van der Waals surface area (Å²) in [5, 5.41) is 2.08. The molecule has 0 atom stereocenters. The molecule has 3 aromatic heterocycles. The Kier molecular flexibility index (Phi) is 4.56. The number of pyridine rings is 1. The molecular weight excluding hydrogens is 430 g/mol. The molecule has 6 rings (SSSR count). The van der Waals surface area contributed by atoms with Crippen LogP contribution in [0.15, 0.2) is 83.4 Å². The molecule has 0 spiro atoms. The van der Waals surface area contributed by atoms with Crippen molar-refractivity contribution in [1.29, 1.82) is 0 Å². The number of fused-ring (bicyclic) bond motifs is 4. The van der Waals surface area contributed by atoms with Crippen LogP contribution in [0.4, 0.5) is 0 Å². The van der Waals surface area contributed by atoms with Crippen LogP contribution in [0.2, 0.25) is 0 Å². The van der Waals surface area contributed by atoms with Gasteiger partial charge < -0.3 is 4.42 Å². The molecule has 0 unspecified atom stereocenters. The second kappa shape index (κ2) is 7.81. The van der Waals surface area contributed by atoms with Crippen molar-refractivity contribution >= 4 is 33.0 Å². The molecule has 0 N–H and O–H groups in total. The van der Waals surface area contributed by atoms with Crippen LogP contribution in [-0.2, 0) is 5.41 Å². The number of hydrogen-bond donors (Lipinski definition) is 0. The van der Waals surface area contributed by atoms with Gasteiger partial charge in [-0.15, -0.1) is 0 Å². The standard InChI is InChI=1S/C31H29N3O/c1-19(2)20-14-15-22-23-12-9-13-24(29(23)35-27(22)16-20)30-33-25-18-32-28(31(3,4)5)17-26(25)34(30)21-10-7-6-8-11-21/h6-19H,1-5H3/i19D. The fourth-order valence-corrected chi connectivity index (χ4v) is 4.70. The SMILES string of the molecule is [2H]C(C)(C)c1ccc2c(c1)oc1c(-c3nc4cnc(C(C)(C)C)cc4n3-c3ccccc3)cccc12. The second-order valence-corrected chi connectivity index (χ2v) is 10.4. The van der Waals surface area contributed by atoms with Crippen molar-refractivity contribution in [2.45, 2.75) is 45.9 Å². The van der Waals surface area contributed by atoms with Crippen LogP contribution in [0.1, 0.15) is 53.1 Å². The summed E-state index contributed by atoms with van der Waals surface area (Å²) in [5.41, 5.74) is 7.26. The Balaban J connectivity index is 1.67. The van der Waals surface area contributed by atoms with E-state index >= 15 is 0 Å². The van der Waals surface area contributed by atoms with Gasteiger partial charge in [0.2, 0.25) is 0 Å². The molecule has 0 bridgehead atoms. The molecule has 0 aliphatic rings. The van der Waals surface area contributed by atoms with E-state index in [1.807, 2.05) is 50.4 Å². The molecule has 3 heterocycles. The van der Waals surface area contributed by atoms with E-state index in [1.54, 1.807) is 0 Å². The molecule has 3 aromatic carbocycles. The highest BCUT2D eigenvalue weighted by Crippen LogP contribution is 2.39. The van der Waals surface area contributed by atoms with Crippen molar-refractivity contribution < 1.29 is 5.79 Å². The zero-order valence-corrected chi connectivity index (χ0v) is 20.8. The highest BCUT2D eigenvalue weighted by atomic mass is 16.3. The average molecular weight is 461 g/mol. The number of furan rings is 1. The summed E-state index contributed by atoms with van der Waals surface area (Å²) in [4.78, 5) is 9.80. The van der Waals surface area contributed by atoms with Crippen LogP contribution in [0.5, 0.6) is 0 Å². The van der Waals surface area contributed by atoms with E-state index in [2.05, 4.69) is 67.8 Å². The van der Waals surface area contributed by atoms with Crippen LogP contribution in [0.25, 0.3) is 50.0 Å². The molecule has 0 aliphatic carbocycles. The Morgan fingerprint density at radius 1 is 0.914 bits per heavy atom. The Bertz CT molecular complexity index is 1750. The molecule has 0 saturated heterocycles. The summed E-state index contributed by atoms with van der Waals surface area (Å²) < 4.78 is 17.1. The van der Waals surface area contributed by atoms with Crippen molar-refractivity contribution in [3.63, 3.8) is 0 Å². The lowest BCUT2D eigenvalue weighted by Gasteiger charge is -2.18. The van der Waals surface area contributed by atoms with Crippen molar-refractivity contribution in [1.82, 2.24) is 14.5 Å². The predicted octanol–water partition coefficient (Wildman–Crippen LogP) is 8.41. The molecule has 4 nitrogen and oxygen atoms in total. The molecule has 174 valence electrons. The molecule has 0 radical (unpaired) electrons. The van der Waals surface area contributed by atoms with Gasteiger partial charge in [0.1, 0.15) is 22.5 Å². The Hall–Kier alpha value is -3.92. The van der Waals surface area contributed by atoms with Gasteiger partial charge >= 0.3 is 0 Å². The van der Waals surface area contributed by atoms with Crippen LogP contribution in [0, 0.1) is 0 Å². The van der Waals surface area contributed by atoms with E-state index in [0.717, 1.165) is 61.3 Å². The van der Waals surface area contributed by atoms with Gasteiger partial charge in [0, 0.05) is 28.9 Å². The molecule has 0 aliphatic heterocycles. The summed E-state index contributed by atoms with van der Waals surface area (Å²) in [6, 6.07) is 24.8. The zero-order valence-electron chi connectivity index (χ0n) is 21.8. The van der Waals surface area contributed by atoms with Gasteiger partial charge in [-0.25, -0.2) is 4.98 Å². The van der Waals surface area contributed by atoms with E-state index in [1.165, 1.54) is 0 Å². The maximum absolute atomic E-state index is 8.44. The van der Waals surface area contributed by atoms with Crippen molar-refractivity contribution in [2.75, 3.05) is 0 Å². The lowest BCUT2D eigenvalue weighted by Crippen LogP contribution is -2.13. The first-order valence-corrected chi connectivity index (χ1v) is 12.0. The van der Waals surface area contributed by atoms with Crippen molar-refractivity contribution in [3.05, 3.63) is 90.3 Å². The third kappa shape index (κ3) is 3.52. The van der Waals surface area contributed by atoms with E-state index in [9.17, 15) is 0 Å². The van der Waals surface area contributed by atoms with Gasteiger partial charge in [0.15, 0.2) is 0 Å². The van der Waals surface area contributed by atoms with Crippen LogP contribution < -0.4 is 0 Å². The Morgan fingerprint density at radius 3 is 2.46 bits per heavy atom. The third-order valence-electron chi connectivity index (χ3n) is 6.64. The van der Waals surface area contributed by atoms with E-state index in [0.29, 0.717) is 0 Å². The molecule has 0 saturated carbocycles. The van der Waals surface area contributed by atoms with Gasteiger partial charge in [0.05, 0.1) is 17.3 Å². The Morgan fingerprint density at radius 2 is 1.71 bits per heavy atom. The summed E-state index contributed by atoms with van der Waals surface area (Å²) in [7, 11) is 0. The maximum atomic E-state index is 8.44. The predicted molar refractivity (Wildman–Crippen MR) is 144 cm³/mol. The molecular formula is C31H29N3O.